The summed E-state index contributed by atoms with van der Waals surface area (Å²) < 4.78 is 19.1. The summed E-state index contributed by atoms with van der Waals surface area (Å²) in [5, 5.41) is 8.59. The van der Waals surface area contributed by atoms with Crippen molar-refractivity contribution in [1.29, 1.82) is 0 Å². The van der Waals surface area contributed by atoms with Crippen LogP contribution < -0.4 is 4.74 Å². The third kappa shape index (κ3) is 4.72. The number of hydrogen-bond acceptors (Lipinski definition) is 2. The van der Waals surface area contributed by atoms with Crippen LogP contribution in [0.25, 0.3) is 6.08 Å². The minimum Gasteiger partial charge on any atom is -0.489 e. The Morgan fingerprint density at radius 2 is 2.10 bits per heavy atom. The van der Waals surface area contributed by atoms with Gasteiger partial charge in [-0.1, -0.05) is 18.2 Å². The SMILES string of the molecule is O=C(O)C=Cc1cccc(OCc2ccc(F)c(Br)c2)c1. The van der Waals surface area contributed by atoms with E-state index in [1.807, 2.05) is 0 Å². The van der Waals surface area contributed by atoms with E-state index in [-0.39, 0.29) is 5.82 Å². The molecule has 3 nitrogen and oxygen atoms in total. The maximum atomic E-state index is 13.1. The number of ether oxygens (including phenoxy) is 1. The number of benzene rings is 2. The average Bonchev–Trinajstić information content (AvgIpc) is 2.47. The number of rotatable bonds is 5. The molecule has 0 saturated heterocycles. The zero-order chi connectivity index (χ0) is 15.2. The van der Waals surface area contributed by atoms with Crippen molar-refractivity contribution < 1.29 is 19.0 Å². The van der Waals surface area contributed by atoms with Gasteiger partial charge >= 0.3 is 5.97 Å². The van der Waals surface area contributed by atoms with Gasteiger partial charge in [0.25, 0.3) is 0 Å². The van der Waals surface area contributed by atoms with E-state index in [1.54, 1.807) is 36.4 Å². The Balaban J connectivity index is 2.04. The molecule has 0 aromatic heterocycles. The van der Waals surface area contributed by atoms with E-state index in [4.69, 9.17) is 9.84 Å². The van der Waals surface area contributed by atoms with Gasteiger partial charge in [0, 0.05) is 6.08 Å². The first-order valence-corrected chi connectivity index (χ1v) is 6.92. The predicted molar refractivity (Wildman–Crippen MR) is 81.5 cm³/mol. The Bertz CT molecular complexity index is 683. The Labute approximate surface area is 129 Å². The number of hydrogen-bond donors (Lipinski definition) is 1. The Morgan fingerprint density at radius 1 is 1.29 bits per heavy atom. The molecule has 5 heteroatoms. The molecule has 0 bridgehead atoms. The smallest absolute Gasteiger partial charge is 0.328 e. The van der Waals surface area contributed by atoms with Crippen molar-refractivity contribution in [3.63, 3.8) is 0 Å². The van der Waals surface area contributed by atoms with Crippen molar-refractivity contribution in [3.8, 4) is 5.75 Å². The summed E-state index contributed by atoms with van der Waals surface area (Å²) in [5.41, 5.74) is 1.56. The molecule has 0 unspecified atom stereocenters. The third-order valence-corrected chi connectivity index (χ3v) is 3.27. The quantitative estimate of drug-likeness (QED) is 0.819. The molecule has 108 valence electrons. The minimum absolute atomic E-state index is 0.297. The average molecular weight is 351 g/mol. The van der Waals surface area contributed by atoms with Crippen LogP contribution in [-0.4, -0.2) is 11.1 Å². The van der Waals surface area contributed by atoms with E-state index in [1.165, 1.54) is 12.1 Å². The summed E-state index contributed by atoms with van der Waals surface area (Å²) in [6.07, 6.45) is 2.56. The normalized spacial score (nSPS) is 10.8. The Morgan fingerprint density at radius 3 is 2.81 bits per heavy atom. The lowest BCUT2D eigenvalue weighted by Crippen LogP contribution is -1.96. The second kappa shape index (κ2) is 7.04. The summed E-state index contributed by atoms with van der Waals surface area (Å²) in [4.78, 5) is 10.5. The van der Waals surface area contributed by atoms with Crippen molar-refractivity contribution in [2.45, 2.75) is 6.61 Å². The molecule has 0 aliphatic rings. The maximum absolute atomic E-state index is 13.1. The fourth-order valence-corrected chi connectivity index (χ4v) is 2.10. The van der Waals surface area contributed by atoms with Crippen LogP contribution in [0.2, 0.25) is 0 Å². The molecule has 0 heterocycles. The van der Waals surface area contributed by atoms with Crippen molar-refractivity contribution in [3.05, 3.63) is 70.0 Å². The van der Waals surface area contributed by atoms with E-state index in [9.17, 15) is 9.18 Å². The predicted octanol–water partition coefficient (Wildman–Crippen LogP) is 4.27. The number of carbonyl (C=O) groups is 1. The van der Waals surface area contributed by atoms with Gasteiger partial charge in [0.2, 0.25) is 0 Å². The molecule has 0 saturated carbocycles. The lowest BCUT2D eigenvalue weighted by Gasteiger charge is -2.07. The second-order valence-electron chi connectivity index (χ2n) is 4.28. The number of aliphatic carboxylic acids is 1. The van der Waals surface area contributed by atoms with E-state index >= 15 is 0 Å². The molecular weight excluding hydrogens is 339 g/mol. The Hall–Kier alpha value is -2.14. The first-order valence-electron chi connectivity index (χ1n) is 6.12. The van der Waals surface area contributed by atoms with Crippen molar-refractivity contribution in [2.75, 3.05) is 0 Å². The van der Waals surface area contributed by atoms with Crippen molar-refractivity contribution in [1.82, 2.24) is 0 Å². The van der Waals surface area contributed by atoms with Crippen LogP contribution in [0.3, 0.4) is 0 Å². The molecule has 0 amide bonds. The fourth-order valence-electron chi connectivity index (χ4n) is 1.67. The topological polar surface area (TPSA) is 46.5 Å². The molecule has 2 rings (SSSR count). The van der Waals surface area contributed by atoms with Crippen LogP contribution in [-0.2, 0) is 11.4 Å². The van der Waals surface area contributed by atoms with Crippen molar-refractivity contribution in [2.24, 2.45) is 0 Å². The van der Waals surface area contributed by atoms with Gasteiger partial charge in [-0.25, -0.2) is 9.18 Å². The van der Waals surface area contributed by atoms with E-state index in [0.717, 1.165) is 17.2 Å². The highest BCUT2D eigenvalue weighted by molar-refractivity contribution is 9.10. The molecule has 0 aliphatic heterocycles. The molecule has 0 spiro atoms. The van der Waals surface area contributed by atoms with Crippen LogP contribution in [0.5, 0.6) is 5.75 Å². The number of carboxylic acids is 1. The summed E-state index contributed by atoms with van der Waals surface area (Å²) in [5.74, 6) is -0.708. The molecule has 1 N–H and O–H groups in total. The minimum atomic E-state index is -1.00. The van der Waals surface area contributed by atoms with Gasteiger partial charge in [0.15, 0.2) is 0 Å². The molecule has 0 atom stereocenters. The van der Waals surface area contributed by atoms with Gasteiger partial charge < -0.3 is 9.84 Å². The lowest BCUT2D eigenvalue weighted by atomic mass is 10.2. The van der Waals surface area contributed by atoms with Gasteiger partial charge in [0.05, 0.1) is 4.47 Å². The van der Waals surface area contributed by atoms with Gasteiger partial charge in [-0.15, -0.1) is 0 Å². The molecule has 21 heavy (non-hydrogen) atoms. The van der Waals surface area contributed by atoms with Crippen LogP contribution in [0.1, 0.15) is 11.1 Å². The van der Waals surface area contributed by atoms with E-state index in [0.29, 0.717) is 16.8 Å². The zero-order valence-corrected chi connectivity index (χ0v) is 12.5. The van der Waals surface area contributed by atoms with Crippen molar-refractivity contribution >= 4 is 28.0 Å². The molecule has 0 fully saturated rings. The van der Waals surface area contributed by atoms with Gasteiger partial charge in [-0.05, 0) is 57.4 Å². The summed E-state index contributed by atoms with van der Waals surface area (Å²) in [6, 6.07) is 11.7. The molecule has 2 aromatic rings. The van der Waals surface area contributed by atoms with Crippen LogP contribution in [0, 0.1) is 5.82 Å². The van der Waals surface area contributed by atoms with Crippen LogP contribution >= 0.6 is 15.9 Å². The highest BCUT2D eigenvalue weighted by Crippen LogP contribution is 2.19. The number of halogens is 2. The van der Waals surface area contributed by atoms with E-state index in [2.05, 4.69) is 15.9 Å². The summed E-state index contributed by atoms with van der Waals surface area (Å²) in [7, 11) is 0. The highest BCUT2D eigenvalue weighted by atomic mass is 79.9. The standard InChI is InChI=1S/C16H12BrFO3/c17-14-9-12(4-6-15(14)18)10-21-13-3-1-2-11(8-13)5-7-16(19)20/h1-9H,10H2,(H,19,20). The molecular formula is C16H12BrFO3. The number of carboxylic acid groups (broad SMARTS) is 1. The molecule has 2 aromatic carbocycles. The fraction of sp³-hybridized carbons (Fsp3) is 0.0625. The first-order chi connectivity index (χ1) is 10.0. The van der Waals surface area contributed by atoms with Gasteiger partial charge in [-0.3, -0.25) is 0 Å². The molecule has 0 radical (unpaired) electrons. The monoisotopic (exact) mass is 350 g/mol. The van der Waals surface area contributed by atoms with E-state index < -0.39 is 5.97 Å². The van der Waals surface area contributed by atoms with Crippen LogP contribution in [0.4, 0.5) is 4.39 Å². The van der Waals surface area contributed by atoms with Gasteiger partial charge in [0.1, 0.15) is 18.2 Å². The lowest BCUT2D eigenvalue weighted by molar-refractivity contribution is -0.131. The largest absolute Gasteiger partial charge is 0.489 e. The zero-order valence-electron chi connectivity index (χ0n) is 10.9. The first kappa shape index (κ1) is 15.3. The maximum Gasteiger partial charge on any atom is 0.328 e. The third-order valence-electron chi connectivity index (χ3n) is 2.67. The van der Waals surface area contributed by atoms with Crippen LogP contribution in [0.15, 0.2) is 53.0 Å². The summed E-state index contributed by atoms with van der Waals surface area (Å²) >= 11 is 3.12. The summed E-state index contributed by atoms with van der Waals surface area (Å²) in [6.45, 7) is 0.297. The Kier molecular flexibility index (Phi) is 5.11. The molecule has 0 aliphatic carbocycles. The van der Waals surface area contributed by atoms with Gasteiger partial charge in [-0.2, -0.15) is 0 Å². The highest BCUT2D eigenvalue weighted by Gasteiger charge is 2.02. The second-order valence-corrected chi connectivity index (χ2v) is 5.14.